The van der Waals surface area contributed by atoms with Crippen LogP contribution in [0.3, 0.4) is 0 Å². The fourth-order valence-electron chi connectivity index (χ4n) is 2.30. The second-order valence-corrected chi connectivity index (χ2v) is 10.5. The van der Waals surface area contributed by atoms with Crippen LogP contribution in [-0.4, -0.2) is 53.6 Å². The quantitative estimate of drug-likeness (QED) is 0.409. The van der Waals surface area contributed by atoms with Crippen LogP contribution in [0.25, 0.3) is 0 Å². The molecule has 0 saturated heterocycles. The van der Waals surface area contributed by atoms with Gasteiger partial charge in [-0.15, -0.1) is 0 Å². The van der Waals surface area contributed by atoms with Crippen LogP contribution in [0.5, 0.6) is 0 Å². The predicted octanol–water partition coefficient (Wildman–Crippen LogP) is 2.33. The smallest absolute Gasteiger partial charge is 0.400 e. The minimum atomic E-state index is -2.46. The molecule has 0 heterocycles. The predicted molar refractivity (Wildman–Crippen MR) is 80.6 cm³/mol. The van der Waals surface area contributed by atoms with Crippen molar-refractivity contribution in [3.8, 4) is 0 Å². The van der Waals surface area contributed by atoms with Crippen LogP contribution in [0.1, 0.15) is 32.6 Å². The van der Waals surface area contributed by atoms with Crippen molar-refractivity contribution in [1.82, 2.24) is 0 Å². The van der Waals surface area contributed by atoms with Gasteiger partial charge in [-0.1, -0.05) is 26.2 Å². The maximum absolute atomic E-state index is 5.49. The van der Waals surface area contributed by atoms with Crippen molar-refractivity contribution >= 4 is 18.1 Å². The third-order valence-electron chi connectivity index (χ3n) is 3.56. The van der Waals surface area contributed by atoms with Gasteiger partial charge in [0.05, 0.1) is 0 Å². The molecular formula is C12H30O5Si2. The Labute approximate surface area is 120 Å². The topological polar surface area (TPSA) is 46.2 Å². The van der Waals surface area contributed by atoms with Crippen LogP contribution in [0.15, 0.2) is 0 Å². The monoisotopic (exact) mass is 310 g/mol. The van der Waals surface area contributed by atoms with Gasteiger partial charge in [-0.05, 0) is 12.5 Å². The van der Waals surface area contributed by atoms with Gasteiger partial charge in [0.25, 0.3) is 0 Å². The minimum Gasteiger partial charge on any atom is -0.400 e. The molecule has 0 fully saturated rings. The molecular weight excluding hydrogens is 280 g/mol. The lowest BCUT2D eigenvalue weighted by Crippen LogP contribution is -2.46. The van der Waals surface area contributed by atoms with Crippen LogP contribution >= 0.6 is 0 Å². The van der Waals surface area contributed by atoms with Crippen molar-refractivity contribution in [3.05, 3.63) is 0 Å². The summed E-state index contributed by atoms with van der Waals surface area (Å²) in [5, 5.41) is 0. The SMILES string of the molecule is CO[SiH](CCCCCC(C)[Si](OC)(OC)OC)OC. The number of hydrogen-bond acceptors (Lipinski definition) is 5. The molecule has 0 aromatic rings. The zero-order valence-electron chi connectivity index (χ0n) is 13.2. The molecule has 0 aliphatic heterocycles. The number of rotatable bonds is 12. The molecule has 0 spiro atoms. The van der Waals surface area contributed by atoms with E-state index in [0.29, 0.717) is 5.54 Å². The number of hydrogen-bond donors (Lipinski definition) is 0. The average molecular weight is 311 g/mol. The van der Waals surface area contributed by atoms with E-state index in [1.54, 1.807) is 35.5 Å². The summed E-state index contributed by atoms with van der Waals surface area (Å²) in [7, 11) is 4.64. The summed E-state index contributed by atoms with van der Waals surface area (Å²) in [6, 6.07) is 1.07. The van der Waals surface area contributed by atoms with E-state index in [0.717, 1.165) is 25.3 Å². The van der Waals surface area contributed by atoms with Crippen molar-refractivity contribution in [3.63, 3.8) is 0 Å². The van der Waals surface area contributed by atoms with Gasteiger partial charge in [-0.3, -0.25) is 0 Å². The number of unbranched alkanes of at least 4 members (excludes halogenated alkanes) is 2. The lowest BCUT2D eigenvalue weighted by atomic mass is 10.2. The Kier molecular flexibility index (Phi) is 11.1. The normalized spacial score (nSPS) is 14.1. The van der Waals surface area contributed by atoms with E-state index < -0.39 is 18.1 Å². The van der Waals surface area contributed by atoms with E-state index in [4.69, 9.17) is 22.1 Å². The van der Waals surface area contributed by atoms with Gasteiger partial charge in [-0.2, -0.15) is 0 Å². The van der Waals surface area contributed by atoms with Crippen LogP contribution in [0.2, 0.25) is 11.6 Å². The summed E-state index contributed by atoms with van der Waals surface area (Å²) in [4.78, 5) is 0. The highest BCUT2D eigenvalue weighted by atomic mass is 28.4. The Morgan fingerprint density at radius 2 is 1.37 bits per heavy atom. The van der Waals surface area contributed by atoms with Crippen LogP contribution < -0.4 is 0 Å². The maximum Gasteiger partial charge on any atom is 0.503 e. The van der Waals surface area contributed by atoms with E-state index >= 15 is 0 Å². The summed E-state index contributed by atoms with van der Waals surface area (Å²) < 4.78 is 27.1. The van der Waals surface area contributed by atoms with E-state index in [1.165, 1.54) is 6.42 Å². The first kappa shape index (κ1) is 19.2. The maximum atomic E-state index is 5.49. The fourth-order valence-corrected chi connectivity index (χ4v) is 5.85. The van der Waals surface area contributed by atoms with Crippen molar-refractivity contribution in [1.29, 1.82) is 0 Å². The van der Waals surface area contributed by atoms with Gasteiger partial charge in [0.1, 0.15) is 0 Å². The third kappa shape index (κ3) is 6.48. The Balaban J connectivity index is 3.87. The van der Waals surface area contributed by atoms with E-state index in [1.807, 2.05) is 0 Å². The van der Waals surface area contributed by atoms with Crippen molar-refractivity contribution < 1.29 is 22.1 Å². The van der Waals surface area contributed by atoms with Crippen LogP contribution in [0, 0.1) is 0 Å². The second-order valence-electron chi connectivity index (χ2n) is 4.66. The van der Waals surface area contributed by atoms with Gasteiger partial charge in [0.2, 0.25) is 0 Å². The zero-order chi connectivity index (χ0) is 14.7. The largest absolute Gasteiger partial charge is 0.503 e. The summed E-state index contributed by atoms with van der Waals surface area (Å²) in [6.07, 6.45) is 4.56. The molecule has 0 aliphatic rings. The molecule has 0 aromatic carbocycles. The molecule has 0 rings (SSSR count). The highest BCUT2D eigenvalue weighted by Gasteiger charge is 2.43. The molecule has 19 heavy (non-hydrogen) atoms. The molecule has 0 N–H and O–H groups in total. The van der Waals surface area contributed by atoms with Crippen LogP contribution in [0.4, 0.5) is 0 Å². The molecule has 5 nitrogen and oxygen atoms in total. The molecule has 0 saturated carbocycles. The molecule has 0 amide bonds. The molecule has 0 bridgehead atoms. The highest BCUT2D eigenvalue weighted by Crippen LogP contribution is 2.29. The summed E-state index contributed by atoms with van der Waals surface area (Å²) in [5.41, 5.74) is 0.324. The first-order valence-corrected chi connectivity index (χ1v) is 10.4. The van der Waals surface area contributed by atoms with Gasteiger partial charge in [0.15, 0.2) is 0 Å². The van der Waals surface area contributed by atoms with E-state index in [9.17, 15) is 0 Å². The Morgan fingerprint density at radius 1 is 0.842 bits per heavy atom. The van der Waals surface area contributed by atoms with E-state index in [-0.39, 0.29) is 0 Å². The molecule has 1 atom stereocenters. The Morgan fingerprint density at radius 3 is 1.79 bits per heavy atom. The lowest BCUT2D eigenvalue weighted by molar-refractivity contribution is 0.111. The van der Waals surface area contributed by atoms with E-state index in [2.05, 4.69) is 6.92 Å². The Hall–Kier alpha value is 0.234. The van der Waals surface area contributed by atoms with Crippen LogP contribution in [-0.2, 0) is 22.1 Å². The molecule has 0 aliphatic carbocycles. The zero-order valence-corrected chi connectivity index (χ0v) is 15.4. The van der Waals surface area contributed by atoms with Crippen molar-refractivity contribution in [2.75, 3.05) is 35.5 Å². The molecule has 7 heteroatoms. The third-order valence-corrected chi connectivity index (χ3v) is 8.69. The molecule has 116 valence electrons. The molecule has 0 radical (unpaired) electrons. The summed E-state index contributed by atoms with van der Waals surface area (Å²) in [5.74, 6) is 0. The Bertz CT molecular complexity index is 202. The average Bonchev–Trinajstić information content (AvgIpc) is 2.45. The van der Waals surface area contributed by atoms with Gasteiger partial charge >= 0.3 is 18.1 Å². The van der Waals surface area contributed by atoms with Gasteiger partial charge in [0, 0.05) is 41.1 Å². The second kappa shape index (κ2) is 11.0. The van der Waals surface area contributed by atoms with Crippen molar-refractivity contribution in [2.45, 2.75) is 44.2 Å². The minimum absolute atomic E-state index is 0.324. The lowest BCUT2D eigenvalue weighted by Gasteiger charge is -2.30. The summed E-state index contributed by atoms with van der Waals surface area (Å²) >= 11 is 0. The summed E-state index contributed by atoms with van der Waals surface area (Å²) in [6.45, 7) is 2.14. The standard InChI is InChI=1S/C12H30O5Si2/c1-12(19(15-4,16-5)17-6)10-8-7-9-11-18(13-2)14-3/h12,18H,7-11H2,1-6H3. The first-order valence-electron chi connectivity index (χ1n) is 6.81. The molecule has 1 unspecified atom stereocenters. The fraction of sp³-hybridized carbons (Fsp3) is 1.00. The molecule has 0 aromatic heterocycles. The van der Waals surface area contributed by atoms with Crippen molar-refractivity contribution in [2.24, 2.45) is 0 Å². The highest BCUT2D eigenvalue weighted by molar-refractivity contribution is 6.62. The van der Waals surface area contributed by atoms with Gasteiger partial charge in [-0.25, -0.2) is 0 Å². The van der Waals surface area contributed by atoms with Gasteiger partial charge < -0.3 is 22.1 Å². The first-order chi connectivity index (χ1) is 9.10.